The summed E-state index contributed by atoms with van der Waals surface area (Å²) in [6, 6.07) is 0. The molecule has 1 amide bonds. The molecule has 0 saturated carbocycles. The SMILES string of the molecule is C=CCCC(CCNC=O)CNC(C)(C)C. The van der Waals surface area contributed by atoms with Gasteiger partial charge in [0, 0.05) is 12.1 Å². The van der Waals surface area contributed by atoms with E-state index >= 15 is 0 Å². The molecular formula is C13H26N2O. The summed E-state index contributed by atoms with van der Waals surface area (Å²) >= 11 is 0. The molecule has 0 aliphatic rings. The van der Waals surface area contributed by atoms with Crippen LogP contribution in [0, 0.1) is 5.92 Å². The van der Waals surface area contributed by atoms with E-state index in [0.29, 0.717) is 5.92 Å². The fourth-order valence-electron chi connectivity index (χ4n) is 1.50. The summed E-state index contributed by atoms with van der Waals surface area (Å²) < 4.78 is 0. The van der Waals surface area contributed by atoms with Crippen LogP contribution in [0.2, 0.25) is 0 Å². The second kappa shape index (κ2) is 8.34. The lowest BCUT2D eigenvalue weighted by Gasteiger charge is -2.25. The van der Waals surface area contributed by atoms with E-state index in [1.165, 1.54) is 0 Å². The number of rotatable bonds is 9. The van der Waals surface area contributed by atoms with Crippen molar-refractivity contribution in [2.45, 2.75) is 45.6 Å². The molecule has 0 saturated heterocycles. The molecule has 16 heavy (non-hydrogen) atoms. The van der Waals surface area contributed by atoms with Gasteiger partial charge in [-0.05, 0) is 52.5 Å². The van der Waals surface area contributed by atoms with E-state index in [1.807, 2.05) is 6.08 Å². The number of amides is 1. The highest BCUT2D eigenvalue weighted by molar-refractivity contribution is 5.45. The van der Waals surface area contributed by atoms with Crippen LogP contribution in [0.5, 0.6) is 0 Å². The lowest BCUT2D eigenvalue weighted by atomic mass is 9.97. The highest BCUT2D eigenvalue weighted by atomic mass is 16.1. The van der Waals surface area contributed by atoms with Crippen molar-refractivity contribution >= 4 is 6.41 Å². The minimum absolute atomic E-state index is 0.157. The van der Waals surface area contributed by atoms with E-state index in [2.05, 4.69) is 38.0 Å². The highest BCUT2D eigenvalue weighted by Crippen LogP contribution is 2.12. The first-order valence-electron chi connectivity index (χ1n) is 6.02. The van der Waals surface area contributed by atoms with Gasteiger partial charge in [0.15, 0.2) is 0 Å². The second-order valence-electron chi connectivity index (χ2n) is 5.22. The van der Waals surface area contributed by atoms with Gasteiger partial charge in [-0.3, -0.25) is 4.79 Å². The molecule has 0 fully saturated rings. The Hall–Kier alpha value is -0.830. The van der Waals surface area contributed by atoms with E-state index in [0.717, 1.165) is 38.8 Å². The van der Waals surface area contributed by atoms with E-state index < -0.39 is 0 Å². The lowest BCUT2D eigenvalue weighted by Crippen LogP contribution is -2.39. The van der Waals surface area contributed by atoms with Crippen LogP contribution < -0.4 is 10.6 Å². The van der Waals surface area contributed by atoms with E-state index in [-0.39, 0.29) is 5.54 Å². The van der Waals surface area contributed by atoms with Crippen molar-refractivity contribution in [3.05, 3.63) is 12.7 Å². The van der Waals surface area contributed by atoms with Gasteiger partial charge in [-0.15, -0.1) is 6.58 Å². The Balaban J connectivity index is 3.88. The smallest absolute Gasteiger partial charge is 0.207 e. The summed E-state index contributed by atoms with van der Waals surface area (Å²) in [5.41, 5.74) is 0.157. The van der Waals surface area contributed by atoms with Gasteiger partial charge in [0.2, 0.25) is 6.41 Å². The van der Waals surface area contributed by atoms with Crippen molar-refractivity contribution in [1.82, 2.24) is 10.6 Å². The van der Waals surface area contributed by atoms with Crippen LogP contribution in [-0.4, -0.2) is 25.0 Å². The van der Waals surface area contributed by atoms with Gasteiger partial charge in [-0.25, -0.2) is 0 Å². The van der Waals surface area contributed by atoms with Crippen LogP contribution in [0.3, 0.4) is 0 Å². The predicted molar refractivity (Wildman–Crippen MR) is 69.4 cm³/mol. The molecule has 0 radical (unpaired) electrons. The first kappa shape index (κ1) is 15.2. The van der Waals surface area contributed by atoms with Gasteiger partial charge in [0.25, 0.3) is 0 Å². The molecule has 0 heterocycles. The standard InChI is InChI=1S/C13H26N2O/c1-5-6-7-12(8-9-14-11-16)10-15-13(2,3)4/h5,11-12,15H,1,6-10H2,2-4H3,(H,14,16). The molecule has 1 atom stereocenters. The van der Waals surface area contributed by atoms with Crippen LogP contribution in [0.4, 0.5) is 0 Å². The number of hydrogen-bond acceptors (Lipinski definition) is 2. The molecule has 0 aromatic heterocycles. The first-order chi connectivity index (χ1) is 7.49. The Bertz CT molecular complexity index is 197. The van der Waals surface area contributed by atoms with E-state index in [1.54, 1.807) is 0 Å². The Morgan fingerprint density at radius 1 is 1.31 bits per heavy atom. The van der Waals surface area contributed by atoms with Crippen molar-refractivity contribution in [2.24, 2.45) is 5.92 Å². The van der Waals surface area contributed by atoms with E-state index in [9.17, 15) is 4.79 Å². The zero-order valence-corrected chi connectivity index (χ0v) is 10.9. The zero-order valence-electron chi connectivity index (χ0n) is 10.9. The Morgan fingerprint density at radius 2 is 2.00 bits per heavy atom. The van der Waals surface area contributed by atoms with Crippen LogP contribution in [0.1, 0.15) is 40.0 Å². The van der Waals surface area contributed by atoms with Crippen molar-refractivity contribution in [3.8, 4) is 0 Å². The topological polar surface area (TPSA) is 41.1 Å². The minimum atomic E-state index is 0.157. The second-order valence-corrected chi connectivity index (χ2v) is 5.22. The number of nitrogens with one attached hydrogen (secondary N) is 2. The molecule has 0 aliphatic heterocycles. The van der Waals surface area contributed by atoms with Gasteiger partial charge in [-0.1, -0.05) is 6.08 Å². The van der Waals surface area contributed by atoms with Gasteiger partial charge in [0.05, 0.1) is 0 Å². The van der Waals surface area contributed by atoms with Gasteiger partial charge in [0.1, 0.15) is 0 Å². The highest BCUT2D eigenvalue weighted by Gasteiger charge is 2.13. The average Bonchev–Trinajstić information content (AvgIpc) is 2.20. The number of allylic oxidation sites excluding steroid dienone is 1. The molecule has 3 nitrogen and oxygen atoms in total. The molecule has 0 aromatic rings. The quantitative estimate of drug-likeness (QED) is 0.359. The van der Waals surface area contributed by atoms with Crippen LogP contribution >= 0.6 is 0 Å². The molecule has 0 rings (SSSR count). The summed E-state index contributed by atoms with van der Waals surface area (Å²) in [5.74, 6) is 0.602. The van der Waals surface area contributed by atoms with Gasteiger partial charge in [-0.2, -0.15) is 0 Å². The Morgan fingerprint density at radius 3 is 2.50 bits per heavy atom. The molecular weight excluding hydrogens is 200 g/mol. The first-order valence-corrected chi connectivity index (χ1v) is 6.02. The maximum absolute atomic E-state index is 10.2. The van der Waals surface area contributed by atoms with E-state index in [4.69, 9.17) is 0 Å². The number of carbonyl (C=O) groups is 1. The number of carbonyl (C=O) groups excluding carboxylic acids is 1. The summed E-state index contributed by atoms with van der Waals surface area (Å²) in [6.07, 6.45) is 5.92. The molecule has 94 valence electrons. The molecule has 3 heteroatoms. The largest absolute Gasteiger partial charge is 0.359 e. The van der Waals surface area contributed by atoms with Crippen LogP contribution in [-0.2, 0) is 4.79 Å². The predicted octanol–water partition coefficient (Wildman–Crippen LogP) is 2.09. The molecule has 1 unspecified atom stereocenters. The minimum Gasteiger partial charge on any atom is -0.359 e. The van der Waals surface area contributed by atoms with Crippen molar-refractivity contribution < 1.29 is 4.79 Å². The normalized spacial score (nSPS) is 13.2. The maximum atomic E-state index is 10.2. The van der Waals surface area contributed by atoms with Crippen molar-refractivity contribution in [3.63, 3.8) is 0 Å². The summed E-state index contributed by atoms with van der Waals surface area (Å²) in [5, 5.41) is 6.23. The Labute approximate surface area is 99.7 Å². The summed E-state index contributed by atoms with van der Waals surface area (Å²) in [4.78, 5) is 10.2. The summed E-state index contributed by atoms with van der Waals surface area (Å²) in [7, 11) is 0. The van der Waals surface area contributed by atoms with Crippen LogP contribution in [0.25, 0.3) is 0 Å². The lowest BCUT2D eigenvalue weighted by molar-refractivity contribution is -0.109. The fourth-order valence-corrected chi connectivity index (χ4v) is 1.50. The molecule has 2 N–H and O–H groups in total. The molecule has 0 spiro atoms. The fraction of sp³-hybridized carbons (Fsp3) is 0.769. The van der Waals surface area contributed by atoms with Crippen LogP contribution in [0.15, 0.2) is 12.7 Å². The maximum Gasteiger partial charge on any atom is 0.207 e. The summed E-state index contributed by atoms with van der Waals surface area (Å²) in [6.45, 7) is 12.0. The average molecular weight is 226 g/mol. The van der Waals surface area contributed by atoms with Gasteiger partial charge < -0.3 is 10.6 Å². The van der Waals surface area contributed by atoms with Gasteiger partial charge >= 0.3 is 0 Å². The van der Waals surface area contributed by atoms with Crippen molar-refractivity contribution in [1.29, 1.82) is 0 Å². The third-order valence-corrected chi connectivity index (χ3v) is 2.48. The third-order valence-electron chi connectivity index (χ3n) is 2.48. The molecule has 0 aromatic carbocycles. The third kappa shape index (κ3) is 9.71. The Kier molecular flexibility index (Phi) is 7.90. The zero-order chi connectivity index (χ0) is 12.4. The molecule has 0 aliphatic carbocycles. The van der Waals surface area contributed by atoms with Crippen molar-refractivity contribution in [2.75, 3.05) is 13.1 Å². The number of hydrogen-bond donors (Lipinski definition) is 2. The molecule has 0 bridgehead atoms. The monoisotopic (exact) mass is 226 g/mol.